The predicted octanol–water partition coefficient (Wildman–Crippen LogP) is 1.44. The van der Waals surface area contributed by atoms with Gasteiger partial charge in [0, 0.05) is 12.6 Å². The Morgan fingerprint density at radius 1 is 1.35 bits per heavy atom. The molecule has 0 saturated heterocycles. The minimum absolute atomic E-state index is 0.533. The van der Waals surface area contributed by atoms with Crippen LogP contribution in [0.15, 0.2) is 41.0 Å². The van der Waals surface area contributed by atoms with Gasteiger partial charge in [-0.05, 0) is 25.5 Å². The van der Waals surface area contributed by atoms with E-state index in [9.17, 15) is 0 Å². The summed E-state index contributed by atoms with van der Waals surface area (Å²) in [5, 5.41) is 12.5. The highest BCUT2D eigenvalue weighted by atomic mass is 15.3. The zero-order valence-corrected chi connectivity index (χ0v) is 11.6. The summed E-state index contributed by atoms with van der Waals surface area (Å²) in [6.07, 6.45) is 7.35. The third kappa shape index (κ3) is 3.61. The molecular weight excluding hydrogens is 254 g/mol. The van der Waals surface area contributed by atoms with E-state index in [0.717, 1.165) is 25.1 Å². The molecule has 0 aliphatic rings. The SMILES string of the molecule is C[n+]1cccc(N=Nc2cnn(CCCCN)c2N)c1. The van der Waals surface area contributed by atoms with Crippen molar-refractivity contribution in [1.82, 2.24) is 9.78 Å². The van der Waals surface area contributed by atoms with E-state index in [0.29, 0.717) is 18.1 Å². The molecule has 0 unspecified atom stereocenters. The first-order valence-corrected chi connectivity index (χ1v) is 6.59. The molecule has 7 heteroatoms. The van der Waals surface area contributed by atoms with Crippen LogP contribution in [-0.4, -0.2) is 16.3 Å². The van der Waals surface area contributed by atoms with Gasteiger partial charge < -0.3 is 11.5 Å². The lowest BCUT2D eigenvalue weighted by Gasteiger charge is -2.02. The van der Waals surface area contributed by atoms with E-state index in [4.69, 9.17) is 11.5 Å². The average Bonchev–Trinajstić information content (AvgIpc) is 2.78. The van der Waals surface area contributed by atoms with Crippen molar-refractivity contribution >= 4 is 17.2 Å². The van der Waals surface area contributed by atoms with Crippen LogP contribution in [0.3, 0.4) is 0 Å². The number of nitrogen functional groups attached to an aromatic ring is 1. The smallest absolute Gasteiger partial charge is 0.196 e. The number of pyridine rings is 1. The highest BCUT2D eigenvalue weighted by Crippen LogP contribution is 2.23. The topological polar surface area (TPSA) is 98.5 Å². The standard InChI is InChI=1S/C13H20N7/c1-19-7-4-5-11(10-19)17-18-12-9-16-20(13(12)15)8-3-2-6-14/h4-5,7,9-10H,2-3,6,8,14-15H2,1H3/q+1. The molecule has 0 aliphatic carbocycles. The van der Waals surface area contributed by atoms with Crippen molar-refractivity contribution in [2.75, 3.05) is 12.3 Å². The monoisotopic (exact) mass is 274 g/mol. The van der Waals surface area contributed by atoms with Crippen molar-refractivity contribution in [3.05, 3.63) is 30.7 Å². The van der Waals surface area contributed by atoms with E-state index in [2.05, 4.69) is 15.3 Å². The summed E-state index contributed by atoms with van der Waals surface area (Å²) in [6, 6.07) is 3.79. The number of azo groups is 1. The number of hydrogen-bond donors (Lipinski definition) is 2. The number of nitrogens with two attached hydrogens (primary N) is 2. The van der Waals surface area contributed by atoms with Gasteiger partial charge in [0.05, 0.1) is 6.20 Å². The number of hydrogen-bond acceptors (Lipinski definition) is 5. The van der Waals surface area contributed by atoms with Gasteiger partial charge >= 0.3 is 0 Å². The zero-order chi connectivity index (χ0) is 14.4. The molecule has 0 amide bonds. The lowest BCUT2D eigenvalue weighted by molar-refractivity contribution is -0.670. The molecular formula is C13H20N7+. The Kier molecular flexibility index (Phi) is 4.78. The molecule has 0 saturated carbocycles. The van der Waals surface area contributed by atoms with Crippen LogP contribution in [0.1, 0.15) is 12.8 Å². The quantitative estimate of drug-likeness (QED) is 0.473. The van der Waals surface area contributed by atoms with Crippen LogP contribution in [0.5, 0.6) is 0 Å². The molecule has 7 nitrogen and oxygen atoms in total. The summed E-state index contributed by atoms with van der Waals surface area (Å²) >= 11 is 0. The maximum atomic E-state index is 5.99. The maximum Gasteiger partial charge on any atom is 0.196 e. The first-order valence-electron chi connectivity index (χ1n) is 6.59. The molecule has 0 aliphatic heterocycles. The summed E-state index contributed by atoms with van der Waals surface area (Å²) in [5.74, 6) is 0.533. The van der Waals surface area contributed by atoms with Gasteiger partial charge in [0.15, 0.2) is 12.4 Å². The van der Waals surface area contributed by atoms with Gasteiger partial charge in [-0.2, -0.15) is 5.10 Å². The average molecular weight is 274 g/mol. The fourth-order valence-electron chi connectivity index (χ4n) is 1.79. The van der Waals surface area contributed by atoms with Crippen LogP contribution in [-0.2, 0) is 13.6 Å². The normalized spacial score (nSPS) is 11.3. The van der Waals surface area contributed by atoms with Gasteiger partial charge in [-0.25, -0.2) is 9.25 Å². The molecule has 0 radical (unpaired) electrons. The lowest BCUT2D eigenvalue weighted by atomic mass is 10.3. The molecule has 2 aromatic heterocycles. The summed E-state index contributed by atoms with van der Waals surface area (Å²) in [5.41, 5.74) is 12.8. The van der Waals surface area contributed by atoms with Gasteiger partial charge in [-0.1, -0.05) is 0 Å². The second-order valence-electron chi connectivity index (χ2n) is 4.56. The number of rotatable bonds is 6. The van der Waals surface area contributed by atoms with Gasteiger partial charge in [-0.3, -0.25) is 0 Å². The van der Waals surface area contributed by atoms with E-state index in [1.54, 1.807) is 10.9 Å². The second kappa shape index (κ2) is 6.76. The molecule has 2 heterocycles. The number of aromatic nitrogens is 3. The van der Waals surface area contributed by atoms with E-state index in [-0.39, 0.29) is 0 Å². The molecule has 0 spiro atoms. The Morgan fingerprint density at radius 3 is 2.95 bits per heavy atom. The fraction of sp³-hybridized carbons (Fsp3) is 0.385. The van der Waals surface area contributed by atoms with Crippen molar-refractivity contribution in [3.8, 4) is 0 Å². The van der Waals surface area contributed by atoms with Crippen LogP contribution >= 0.6 is 0 Å². The van der Waals surface area contributed by atoms with Crippen molar-refractivity contribution in [1.29, 1.82) is 0 Å². The van der Waals surface area contributed by atoms with Crippen LogP contribution < -0.4 is 16.0 Å². The van der Waals surface area contributed by atoms with Crippen molar-refractivity contribution < 1.29 is 4.57 Å². The van der Waals surface area contributed by atoms with Gasteiger partial charge in [-0.15, -0.1) is 10.2 Å². The van der Waals surface area contributed by atoms with Crippen LogP contribution in [0, 0.1) is 0 Å². The minimum atomic E-state index is 0.533. The van der Waals surface area contributed by atoms with E-state index < -0.39 is 0 Å². The molecule has 2 rings (SSSR count). The van der Waals surface area contributed by atoms with Gasteiger partial charge in [0.25, 0.3) is 0 Å². The van der Waals surface area contributed by atoms with Gasteiger partial charge in [0.2, 0.25) is 0 Å². The molecule has 2 aromatic rings. The molecule has 0 atom stereocenters. The van der Waals surface area contributed by atoms with Crippen LogP contribution in [0.2, 0.25) is 0 Å². The molecule has 0 fully saturated rings. The summed E-state index contributed by atoms with van der Waals surface area (Å²) in [4.78, 5) is 0. The molecule has 4 N–H and O–H groups in total. The van der Waals surface area contributed by atoms with Gasteiger partial charge in [0.1, 0.15) is 24.2 Å². The summed E-state index contributed by atoms with van der Waals surface area (Å²) in [7, 11) is 1.93. The van der Waals surface area contributed by atoms with Crippen molar-refractivity contribution in [2.24, 2.45) is 23.0 Å². The first kappa shape index (κ1) is 14.1. The van der Waals surface area contributed by atoms with Crippen molar-refractivity contribution in [2.45, 2.75) is 19.4 Å². The fourth-order valence-corrected chi connectivity index (χ4v) is 1.79. The van der Waals surface area contributed by atoms with Crippen molar-refractivity contribution in [3.63, 3.8) is 0 Å². The Bertz CT molecular complexity index is 588. The largest absolute Gasteiger partial charge is 0.382 e. The highest BCUT2D eigenvalue weighted by Gasteiger charge is 2.06. The Morgan fingerprint density at radius 2 is 2.20 bits per heavy atom. The third-order valence-electron chi connectivity index (χ3n) is 2.88. The highest BCUT2D eigenvalue weighted by molar-refractivity contribution is 5.56. The first-order chi connectivity index (χ1) is 9.70. The summed E-state index contributed by atoms with van der Waals surface area (Å²) in [6.45, 7) is 1.43. The predicted molar refractivity (Wildman–Crippen MR) is 76.7 cm³/mol. The summed E-state index contributed by atoms with van der Waals surface area (Å²) < 4.78 is 3.64. The number of anilines is 1. The van der Waals surface area contributed by atoms with Crippen LogP contribution in [0.4, 0.5) is 17.2 Å². The van der Waals surface area contributed by atoms with E-state index in [1.165, 1.54) is 0 Å². The van der Waals surface area contributed by atoms with E-state index in [1.807, 2.05) is 36.1 Å². The third-order valence-corrected chi connectivity index (χ3v) is 2.88. The minimum Gasteiger partial charge on any atom is -0.382 e. The molecule has 20 heavy (non-hydrogen) atoms. The molecule has 106 valence electrons. The zero-order valence-electron chi connectivity index (χ0n) is 11.6. The molecule has 0 bridgehead atoms. The second-order valence-corrected chi connectivity index (χ2v) is 4.56. The Hall–Kier alpha value is -2.28. The Labute approximate surface area is 117 Å². The maximum absolute atomic E-state index is 5.99. The lowest BCUT2D eigenvalue weighted by Crippen LogP contribution is -2.25. The van der Waals surface area contributed by atoms with E-state index >= 15 is 0 Å². The number of unbranched alkanes of at least 4 members (excludes halogenated alkanes) is 1. The molecule has 0 aromatic carbocycles. The number of nitrogens with zero attached hydrogens (tertiary/aromatic N) is 5. The van der Waals surface area contributed by atoms with Crippen LogP contribution in [0.25, 0.3) is 0 Å². The number of aryl methyl sites for hydroxylation is 2. The Balaban J connectivity index is 2.06.